The van der Waals surface area contributed by atoms with Crippen molar-refractivity contribution in [2.75, 3.05) is 0 Å². The normalized spacial score (nSPS) is 10.9. The summed E-state index contributed by atoms with van der Waals surface area (Å²) < 4.78 is 124. The molecule has 0 heterocycles. The zero-order chi connectivity index (χ0) is 98.5. The lowest BCUT2D eigenvalue weighted by Gasteiger charge is -2.38. The van der Waals surface area contributed by atoms with Crippen molar-refractivity contribution in [2.24, 2.45) is 0 Å². The fraction of sp³-hybridized carbons (Fsp3) is 0.185. The van der Waals surface area contributed by atoms with E-state index in [0.29, 0.717) is 20.9 Å². The number of fused-ring (bicyclic) bond motifs is 1. The molecule has 0 atom stereocenters. The molecule has 0 fully saturated rings. The molecule has 6 nitrogen and oxygen atoms in total. The van der Waals surface area contributed by atoms with Gasteiger partial charge in [0.1, 0.15) is 34.5 Å². The van der Waals surface area contributed by atoms with Gasteiger partial charge in [0.15, 0.2) is 5.78 Å². The molecule has 17 aromatic carbocycles. The van der Waals surface area contributed by atoms with Crippen LogP contribution in [0.3, 0.4) is 0 Å². The first kappa shape index (κ1) is 106. The van der Waals surface area contributed by atoms with Crippen LogP contribution in [0.5, 0.6) is 34.5 Å². The Morgan fingerprint density at radius 2 is 0.401 bits per heavy atom. The highest BCUT2D eigenvalue weighted by Gasteiger charge is 2.72. The Balaban J connectivity index is 0.000000180. The molecule has 17 aromatic rings. The minimum atomic E-state index is -5.53. The number of hydrogen-bond donors (Lipinski definition) is 0. The second-order valence-electron chi connectivity index (χ2n) is 35.0. The maximum atomic E-state index is 13.7. The number of halogens is 6. The van der Waals surface area contributed by atoms with Crippen LogP contribution in [0.15, 0.2) is 410 Å². The van der Waals surface area contributed by atoms with Crippen molar-refractivity contribution >= 4 is 26.4 Å². The van der Waals surface area contributed by atoms with E-state index in [1.165, 1.54) is 124 Å². The molecule has 0 aliphatic carbocycles. The number of rotatable bonds is 15. The van der Waals surface area contributed by atoms with E-state index >= 15 is 0 Å². The Labute approximate surface area is 808 Å². The highest BCUT2D eigenvalue weighted by atomic mass is 32.2. The topological polar surface area (TPSA) is 78.9 Å². The molecule has 0 bridgehead atoms. The quantitative estimate of drug-likeness (QED) is 0.0752. The smallest absolute Gasteiger partial charge is 0.411 e. The average molecular weight is 1860 g/mol. The molecule has 13 heteroatoms. The van der Waals surface area contributed by atoms with Crippen molar-refractivity contribution in [1.29, 1.82) is 0 Å². The molecule has 0 unspecified atom stereocenters. The van der Waals surface area contributed by atoms with Crippen molar-refractivity contribution in [1.82, 2.24) is 0 Å². The first-order valence-corrected chi connectivity index (χ1v) is 46.6. The predicted octanol–water partition coefficient (Wildman–Crippen LogP) is 35.1. The number of hydrogen-bond acceptors (Lipinski definition) is 6. The standard InChI is InChI=1S/C29H28O2.C17H14F6.C15H14O.C14H14O2S.C14H14O.C14H14.C12H12.C8H10.CH4/c1-21-5-13-25(14-6-21)30-27-17-9-23(10-18-27)29(3,4)24-11-19-28(20-12-24)31-26-15-7-22(2)8-16-26;1-11-3-7-13(8-4-11)15(16(18,19)20,17(21,22)23)14-9-5-12(2)6-10-14;1-11-3-7-13(8-4-11)15(16)14-9-5-12(2)6-10-14;1-11-3-7-13(8-4-11)17(15,16)14-9-5-12(2)6-10-14;1-11-3-7-13(8-4-11)15-14-9-5-12(2)6-10-14;1-11-3-7-13(8-4-11)14-9-5-12(2)6-10-14;1-9-5-3-8-12-10(2)6-4-7-11(9)12;1-7-3-5-8(2)6-4-7;/h5-20H,1-4H3;3-10H,1-2H3;3-10H,1-2H3;3-10H,1-2H3;3-10H,1-2H3;3-10H,1-2H3;3-8H,1-2H3;3-6H,1-2H3;1H4. The lowest BCUT2D eigenvalue weighted by molar-refractivity contribution is -0.288. The number of sulfone groups is 1. The molecule has 0 amide bonds. The minimum absolute atomic E-state index is 0. The van der Waals surface area contributed by atoms with Crippen LogP contribution in [0, 0.1) is 111 Å². The number of carbonyl (C=O) groups is 1. The van der Waals surface area contributed by atoms with Gasteiger partial charge in [0.2, 0.25) is 15.3 Å². The summed E-state index contributed by atoms with van der Waals surface area (Å²) in [5.74, 6) is 5.22. The van der Waals surface area contributed by atoms with Crippen LogP contribution < -0.4 is 14.2 Å². The molecule has 0 aromatic heterocycles. The molecule has 0 spiro atoms. The SMILES string of the molecule is C.Cc1ccc(-c2ccc(C)cc2)cc1.Cc1ccc(C(=O)c2ccc(C)cc2)cc1.Cc1ccc(C(c2ccc(C)cc2)(C(F)(F)F)C(F)(F)F)cc1.Cc1ccc(C)cc1.Cc1ccc(Oc2ccc(C(C)(C)c3ccc(Oc4ccc(C)cc4)cc3)cc2)cc1.Cc1ccc(Oc2ccc(C)cc2)cc1.Cc1ccc(S(=O)(=O)c2ccc(C)cc2)cc1.Cc1cccc2c(C)cccc12. The van der Waals surface area contributed by atoms with Crippen molar-refractivity contribution in [3.8, 4) is 45.6 Å². The fourth-order valence-electron chi connectivity index (χ4n) is 14.4. The van der Waals surface area contributed by atoms with Crippen LogP contribution in [0.2, 0.25) is 0 Å². The molecular formula is C124H124F6O6S. The van der Waals surface area contributed by atoms with Gasteiger partial charge < -0.3 is 14.2 Å². The van der Waals surface area contributed by atoms with Crippen molar-refractivity contribution < 1.29 is 53.8 Å². The third-order valence-electron chi connectivity index (χ3n) is 23.1. The van der Waals surface area contributed by atoms with Crippen LogP contribution >= 0.6 is 0 Å². The Hall–Kier alpha value is -14.4. The molecular weight excluding hydrogens is 1730 g/mol. The van der Waals surface area contributed by atoms with Gasteiger partial charge in [-0.1, -0.05) is 402 Å². The van der Waals surface area contributed by atoms with Gasteiger partial charge in [0.25, 0.3) is 0 Å². The van der Waals surface area contributed by atoms with Gasteiger partial charge >= 0.3 is 12.4 Å². The van der Waals surface area contributed by atoms with Gasteiger partial charge in [0.05, 0.1) is 9.79 Å². The summed E-state index contributed by atoms with van der Waals surface area (Å²) in [4.78, 5) is 12.7. The van der Waals surface area contributed by atoms with Crippen LogP contribution in [-0.2, 0) is 20.7 Å². The van der Waals surface area contributed by atoms with Crippen molar-refractivity contribution in [3.05, 3.63) is 523 Å². The van der Waals surface area contributed by atoms with Gasteiger partial charge in [-0.05, 0) is 263 Å². The monoisotopic (exact) mass is 1850 g/mol. The first-order chi connectivity index (χ1) is 64.6. The molecule has 0 N–H and O–H groups in total. The highest BCUT2D eigenvalue weighted by Crippen LogP contribution is 2.56. The molecule has 0 aliphatic rings. The van der Waals surface area contributed by atoms with Gasteiger partial charge in [0, 0.05) is 16.5 Å². The molecule has 0 aliphatic heterocycles. The van der Waals surface area contributed by atoms with E-state index in [0.717, 1.165) is 81.0 Å². The van der Waals surface area contributed by atoms with E-state index in [-0.39, 0.29) is 18.6 Å². The van der Waals surface area contributed by atoms with Gasteiger partial charge in [-0.3, -0.25) is 4.79 Å². The van der Waals surface area contributed by atoms with Crippen LogP contribution in [-0.4, -0.2) is 26.6 Å². The van der Waals surface area contributed by atoms with Crippen molar-refractivity contribution in [3.63, 3.8) is 0 Å². The summed E-state index contributed by atoms with van der Waals surface area (Å²) >= 11 is 0. The number of aryl methyl sites for hydroxylation is 16. The van der Waals surface area contributed by atoms with Gasteiger partial charge in [-0.2, -0.15) is 26.3 Å². The summed E-state index contributed by atoms with van der Waals surface area (Å²) in [6, 6.07) is 125. The van der Waals surface area contributed by atoms with Gasteiger partial charge in [-0.25, -0.2) is 8.42 Å². The van der Waals surface area contributed by atoms with Crippen molar-refractivity contribution in [2.45, 2.75) is 165 Å². The molecule has 704 valence electrons. The predicted molar refractivity (Wildman–Crippen MR) is 556 cm³/mol. The van der Waals surface area contributed by atoms with Crippen LogP contribution in [0.25, 0.3) is 21.9 Å². The lowest BCUT2D eigenvalue weighted by Crippen LogP contribution is -2.54. The molecule has 0 saturated carbocycles. The fourth-order valence-corrected chi connectivity index (χ4v) is 15.6. The van der Waals surface area contributed by atoms with Crippen LogP contribution in [0.1, 0.15) is 148 Å². The summed E-state index contributed by atoms with van der Waals surface area (Å²) in [5, 5.41) is 2.75. The Kier molecular flexibility index (Phi) is 38.2. The number of carbonyl (C=O) groups excluding carboxylic acids is 1. The maximum absolute atomic E-state index is 13.7. The average Bonchev–Trinajstić information content (AvgIpc) is 0.715. The van der Waals surface area contributed by atoms with E-state index in [1.807, 2.05) is 173 Å². The molecule has 137 heavy (non-hydrogen) atoms. The largest absolute Gasteiger partial charge is 0.457 e. The Morgan fingerprint density at radius 3 is 0.620 bits per heavy atom. The highest BCUT2D eigenvalue weighted by molar-refractivity contribution is 7.91. The summed E-state index contributed by atoms with van der Waals surface area (Å²) in [6.45, 7) is 36.6. The molecule has 17 rings (SSSR count). The third kappa shape index (κ3) is 30.8. The Bertz CT molecular complexity index is 6320. The number of ketones is 1. The molecule has 0 radical (unpaired) electrons. The van der Waals surface area contributed by atoms with E-state index in [4.69, 9.17) is 14.2 Å². The summed E-state index contributed by atoms with van der Waals surface area (Å²) in [6.07, 6.45) is -11.1. The first-order valence-electron chi connectivity index (χ1n) is 45.1. The van der Waals surface area contributed by atoms with E-state index in [9.17, 15) is 39.6 Å². The summed E-state index contributed by atoms with van der Waals surface area (Å²) in [7, 11) is -3.37. The number of benzene rings is 17. The molecule has 0 saturated heterocycles. The summed E-state index contributed by atoms with van der Waals surface area (Å²) in [5.41, 5.74) is 19.2. The van der Waals surface area contributed by atoms with Crippen LogP contribution in [0.4, 0.5) is 26.3 Å². The number of alkyl halides is 6. The number of ether oxygens (including phenoxy) is 3. The third-order valence-corrected chi connectivity index (χ3v) is 24.9. The zero-order valence-corrected chi connectivity index (χ0v) is 81.5. The Morgan fingerprint density at radius 1 is 0.226 bits per heavy atom. The van der Waals surface area contributed by atoms with E-state index in [2.05, 4.69) is 241 Å². The lowest BCUT2D eigenvalue weighted by atomic mass is 9.72. The second kappa shape index (κ2) is 49.2. The zero-order valence-electron chi connectivity index (χ0n) is 80.7. The minimum Gasteiger partial charge on any atom is -0.457 e. The van der Waals surface area contributed by atoms with E-state index in [1.54, 1.807) is 62.4 Å². The maximum Gasteiger partial charge on any atom is 0.411 e. The van der Waals surface area contributed by atoms with Gasteiger partial charge in [-0.15, -0.1) is 0 Å². The second-order valence-corrected chi connectivity index (χ2v) is 37.0. The van der Waals surface area contributed by atoms with E-state index < -0.39 is 38.7 Å².